The van der Waals surface area contributed by atoms with Crippen LogP contribution >= 0.6 is 11.6 Å². The van der Waals surface area contributed by atoms with Gasteiger partial charge < -0.3 is 15.4 Å². The molecule has 104 valence electrons. The highest BCUT2D eigenvalue weighted by Crippen LogP contribution is 2.22. The molecule has 0 aromatic heterocycles. The van der Waals surface area contributed by atoms with Crippen molar-refractivity contribution >= 4 is 17.7 Å². The van der Waals surface area contributed by atoms with Gasteiger partial charge >= 0.3 is 6.09 Å². The highest BCUT2D eigenvalue weighted by atomic mass is 35.5. The number of likely N-dealkylation sites (tertiary alicyclic amines) is 1. The summed E-state index contributed by atoms with van der Waals surface area (Å²) in [5, 5.41) is -0.0805. The maximum absolute atomic E-state index is 11.9. The minimum atomic E-state index is -0.301. The van der Waals surface area contributed by atoms with Crippen LogP contribution in [-0.4, -0.2) is 36.0 Å². The summed E-state index contributed by atoms with van der Waals surface area (Å²) < 4.78 is 5.28. The standard InChI is InChI=1S/C14H19ClN2O2/c15-13-9-17(7-6-12(13)8-16)14(18)19-10-11-4-2-1-3-5-11/h1-5,12-13H,6-10,16H2. The van der Waals surface area contributed by atoms with E-state index >= 15 is 0 Å². The molecule has 0 aliphatic carbocycles. The summed E-state index contributed by atoms with van der Waals surface area (Å²) in [6.45, 7) is 2.04. The fraction of sp³-hybridized carbons (Fsp3) is 0.500. The van der Waals surface area contributed by atoms with Gasteiger partial charge in [-0.3, -0.25) is 0 Å². The predicted molar refractivity (Wildman–Crippen MR) is 75.0 cm³/mol. The molecule has 5 heteroatoms. The lowest BCUT2D eigenvalue weighted by Crippen LogP contribution is -2.46. The van der Waals surface area contributed by atoms with E-state index in [2.05, 4.69) is 0 Å². The average Bonchev–Trinajstić information content (AvgIpc) is 2.45. The van der Waals surface area contributed by atoms with E-state index in [4.69, 9.17) is 22.1 Å². The Morgan fingerprint density at radius 1 is 1.42 bits per heavy atom. The number of halogens is 1. The summed E-state index contributed by atoms with van der Waals surface area (Å²) >= 11 is 6.21. The molecule has 19 heavy (non-hydrogen) atoms. The van der Waals surface area contributed by atoms with Crippen molar-refractivity contribution in [1.82, 2.24) is 4.90 Å². The molecular formula is C14H19ClN2O2. The molecule has 0 spiro atoms. The molecular weight excluding hydrogens is 264 g/mol. The number of amides is 1. The number of hydrogen-bond acceptors (Lipinski definition) is 3. The third-order valence-corrected chi connectivity index (χ3v) is 3.94. The Morgan fingerprint density at radius 3 is 2.79 bits per heavy atom. The molecule has 2 unspecified atom stereocenters. The molecule has 2 N–H and O–H groups in total. The van der Waals surface area contributed by atoms with Crippen LogP contribution in [0.25, 0.3) is 0 Å². The molecule has 0 saturated carbocycles. The number of hydrogen-bond donors (Lipinski definition) is 1. The quantitative estimate of drug-likeness (QED) is 0.865. The van der Waals surface area contributed by atoms with E-state index in [9.17, 15) is 4.79 Å². The SMILES string of the molecule is NCC1CCN(C(=O)OCc2ccccc2)CC1Cl. The van der Waals surface area contributed by atoms with E-state index in [1.165, 1.54) is 0 Å². The smallest absolute Gasteiger partial charge is 0.410 e. The van der Waals surface area contributed by atoms with Gasteiger partial charge in [-0.15, -0.1) is 11.6 Å². The van der Waals surface area contributed by atoms with Gasteiger partial charge in [-0.1, -0.05) is 30.3 Å². The maximum Gasteiger partial charge on any atom is 0.410 e. The molecule has 1 aliphatic heterocycles. The van der Waals surface area contributed by atoms with Gasteiger partial charge in [-0.2, -0.15) is 0 Å². The second-order valence-electron chi connectivity index (χ2n) is 4.79. The Balaban J connectivity index is 1.81. The summed E-state index contributed by atoms with van der Waals surface area (Å²) in [5.74, 6) is 0.292. The van der Waals surface area contributed by atoms with Crippen LogP contribution in [-0.2, 0) is 11.3 Å². The van der Waals surface area contributed by atoms with Crippen LogP contribution in [0.3, 0.4) is 0 Å². The van der Waals surface area contributed by atoms with Gasteiger partial charge in [-0.05, 0) is 24.4 Å². The lowest BCUT2D eigenvalue weighted by atomic mass is 9.97. The van der Waals surface area contributed by atoms with E-state index in [0.717, 1.165) is 12.0 Å². The molecule has 0 bridgehead atoms. The Labute approximate surface area is 118 Å². The molecule has 4 nitrogen and oxygen atoms in total. The third-order valence-electron chi connectivity index (χ3n) is 3.44. The molecule has 0 radical (unpaired) electrons. The first-order valence-corrected chi connectivity index (χ1v) is 6.94. The third kappa shape index (κ3) is 3.85. The monoisotopic (exact) mass is 282 g/mol. The topological polar surface area (TPSA) is 55.6 Å². The van der Waals surface area contributed by atoms with Crippen molar-refractivity contribution in [3.8, 4) is 0 Å². The van der Waals surface area contributed by atoms with E-state index in [0.29, 0.717) is 32.2 Å². The van der Waals surface area contributed by atoms with Gasteiger partial charge in [0.1, 0.15) is 6.61 Å². The van der Waals surface area contributed by atoms with E-state index in [1.807, 2.05) is 30.3 Å². The van der Waals surface area contributed by atoms with Gasteiger partial charge in [0.15, 0.2) is 0 Å². The minimum Gasteiger partial charge on any atom is -0.445 e. The van der Waals surface area contributed by atoms with Crippen molar-refractivity contribution in [2.45, 2.75) is 18.4 Å². The Hall–Kier alpha value is -1.26. The molecule has 1 aromatic carbocycles. The van der Waals surface area contributed by atoms with Crippen LogP contribution in [0.15, 0.2) is 30.3 Å². The van der Waals surface area contributed by atoms with Crippen molar-refractivity contribution in [1.29, 1.82) is 0 Å². The summed E-state index contributed by atoms with van der Waals surface area (Å²) in [6, 6.07) is 9.63. The first-order chi connectivity index (χ1) is 9.20. The van der Waals surface area contributed by atoms with Crippen molar-refractivity contribution < 1.29 is 9.53 Å². The lowest BCUT2D eigenvalue weighted by molar-refractivity contribution is 0.0838. The number of ether oxygens (including phenoxy) is 1. The van der Waals surface area contributed by atoms with E-state index < -0.39 is 0 Å². The normalized spacial score (nSPS) is 23.2. The largest absolute Gasteiger partial charge is 0.445 e. The summed E-state index contributed by atoms with van der Waals surface area (Å²) in [5.41, 5.74) is 6.61. The van der Waals surface area contributed by atoms with Crippen LogP contribution in [0, 0.1) is 5.92 Å². The molecule has 2 rings (SSSR count). The zero-order valence-electron chi connectivity index (χ0n) is 10.8. The number of alkyl halides is 1. The fourth-order valence-corrected chi connectivity index (χ4v) is 2.59. The van der Waals surface area contributed by atoms with Crippen molar-refractivity contribution in [3.63, 3.8) is 0 Å². The van der Waals surface area contributed by atoms with Gasteiger partial charge in [-0.25, -0.2) is 4.79 Å². The zero-order chi connectivity index (χ0) is 13.7. The second-order valence-corrected chi connectivity index (χ2v) is 5.35. The number of benzene rings is 1. The number of nitrogens with two attached hydrogens (primary N) is 1. The molecule has 2 atom stereocenters. The Kier molecular flexibility index (Phi) is 5.05. The van der Waals surface area contributed by atoms with Crippen LogP contribution in [0.5, 0.6) is 0 Å². The highest BCUT2D eigenvalue weighted by molar-refractivity contribution is 6.21. The minimum absolute atomic E-state index is 0.0805. The van der Waals surface area contributed by atoms with Gasteiger partial charge in [0.25, 0.3) is 0 Å². The zero-order valence-corrected chi connectivity index (χ0v) is 11.6. The Bertz CT molecular complexity index is 413. The summed E-state index contributed by atoms with van der Waals surface area (Å²) in [6.07, 6.45) is 0.537. The van der Waals surface area contributed by atoms with Crippen molar-refractivity contribution in [3.05, 3.63) is 35.9 Å². The van der Waals surface area contributed by atoms with Crippen molar-refractivity contribution in [2.24, 2.45) is 11.7 Å². The molecule has 1 aliphatic rings. The molecule has 1 fully saturated rings. The maximum atomic E-state index is 11.9. The first-order valence-electron chi connectivity index (χ1n) is 6.50. The van der Waals surface area contributed by atoms with Crippen LogP contribution in [0.2, 0.25) is 0 Å². The molecule has 1 aromatic rings. The van der Waals surface area contributed by atoms with Gasteiger partial charge in [0.2, 0.25) is 0 Å². The first kappa shape index (κ1) is 14.2. The highest BCUT2D eigenvalue weighted by Gasteiger charge is 2.29. The summed E-state index contributed by atoms with van der Waals surface area (Å²) in [7, 11) is 0. The number of carbonyl (C=O) groups is 1. The van der Waals surface area contributed by atoms with Crippen LogP contribution in [0.1, 0.15) is 12.0 Å². The summed E-state index contributed by atoms with van der Waals surface area (Å²) in [4.78, 5) is 13.6. The van der Waals surface area contributed by atoms with E-state index in [-0.39, 0.29) is 11.5 Å². The lowest BCUT2D eigenvalue weighted by Gasteiger charge is -2.34. The molecule has 1 saturated heterocycles. The van der Waals surface area contributed by atoms with E-state index in [1.54, 1.807) is 4.90 Å². The fourth-order valence-electron chi connectivity index (χ4n) is 2.20. The van der Waals surface area contributed by atoms with Crippen LogP contribution < -0.4 is 5.73 Å². The average molecular weight is 283 g/mol. The van der Waals surface area contributed by atoms with Crippen LogP contribution in [0.4, 0.5) is 4.79 Å². The molecule has 1 amide bonds. The van der Waals surface area contributed by atoms with Gasteiger partial charge in [0.05, 0.1) is 5.38 Å². The Morgan fingerprint density at radius 2 is 2.16 bits per heavy atom. The number of nitrogens with zero attached hydrogens (tertiary/aromatic N) is 1. The number of carbonyl (C=O) groups excluding carboxylic acids is 1. The molecule has 1 heterocycles. The number of piperidine rings is 1. The number of rotatable bonds is 3. The van der Waals surface area contributed by atoms with Gasteiger partial charge in [0, 0.05) is 13.1 Å². The van der Waals surface area contributed by atoms with Crippen molar-refractivity contribution in [2.75, 3.05) is 19.6 Å². The second kappa shape index (κ2) is 6.78. The predicted octanol–water partition coefficient (Wildman–Crippen LogP) is 2.21.